The molecule has 4 aromatic rings. The second-order valence-electron chi connectivity index (χ2n) is 8.10. The van der Waals surface area contributed by atoms with Gasteiger partial charge in [-0.05, 0) is 44.8 Å². The lowest BCUT2D eigenvalue weighted by atomic mass is 10.1. The molecular weight excluding hydrogens is 532 g/mol. The zero-order chi connectivity index (χ0) is 26.0. The lowest BCUT2D eigenvalue weighted by Gasteiger charge is -2.17. The van der Waals surface area contributed by atoms with Gasteiger partial charge in [-0.3, -0.25) is 0 Å². The molecule has 0 fully saturated rings. The van der Waals surface area contributed by atoms with Crippen LogP contribution in [0.3, 0.4) is 0 Å². The van der Waals surface area contributed by atoms with Gasteiger partial charge < -0.3 is 23.7 Å². The Kier molecular flexibility index (Phi) is 9.11. The summed E-state index contributed by atoms with van der Waals surface area (Å²) in [6.07, 6.45) is 3.94. The number of methoxy groups -OCH3 is 3. The van der Waals surface area contributed by atoms with Crippen LogP contribution in [0.4, 0.5) is 0 Å². The summed E-state index contributed by atoms with van der Waals surface area (Å²) in [6.45, 7) is 0.844. The van der Waals surface area contributed by atoms with Gasteiger partial charge in [-0.2, -0.15) is 0 Å². The molecule has 0 saturated carbocycles. The molecule has 0 aliphatic rings. The Labute approximate surface area is 226 Å². The van der Waals surface area contributed by atoms with Gasteiger partial charge in [0, 0.05) is 5.56 Å². The van der Waals surface area contributed by atoms with Crippen LogP contribution in [-0.4, -0.2) is 21.3 Å². The molecule has 0 N–H and O–H groups in total. The van der Waals surface area contributed by atoms with E-state index in [4.69, 9.17) is 23.7 Å². The van der Waals surface area contributed by atoms with Crippen molar-refractivity contribution in [3.63, 3.8) is 0 Å². The molecule has 5 nitrogen and oxygen atoms in total. The van der Waals surface area contributed by atoms with Crippen LogP contribution in [0.15, 0.2) is 89.4 Å². The quantitative estimate of drug-likeness (QED) is 0.175. The summed E-state index contributed by atoms with van der Waals surface area (Å²) in [5.41, 5.74) is 3.87. The molecule has 4 aromatic carbocycles. The fourth-order valence-electron chi connectivity index (χ4n) is 3.85. The monoisotopic (exact) mass is 560 g/mol. The first-order chi connectivity index (χ1) is 18.1. The van der Waals surface area contributed by atoms with E-state index in [2.05, 4.69) is 15.9 Å². The molecule has 0 bridgehead atoms. The van der Waals surface area contributed by atoms with Gasteiger partial charge in [0.05, 0.1) is 25.8 Å². The van der Waals surface area contributed by atoms with Crippen molar-refractivity contribution in [1.82, 2.24) is 0 Å². The molecule has 6 heteroatoms. The Bertz CT molecular complexity index is 1340. The van der Waals surface area contributed by atoms with Crippen molar-refractivity contribution >= 4 is 28.1 Å². The minimum absolute atomic E-state index is 0.391. The van der Waals surface area contributed by atoms with Crippen molar-refractivity contribution in [2.24, 2.45) is 0 Å². The van der Waals surface area contributed by atoms with E-state index >= 15 is 0 Å². The van der Waals surface area contributed by atoms with Gasteiger partial charge in [0.15, 0.2) is 23.0 Å². The third-order valence-corrected chi connectivity index (χ3v) is 6.53. The van der Waals surface area contributed by atoms with Gasteiger partial charge in [-0.25, -0.2) is 0 Å². The predicted molar refractivity (Wildman–Crippen MR) is 151 cm³/mol. The van der Waals surface area contributed by atoms with Crippen LogP contribution in [0.5, 0.6) is 28.7 Å². The van der Waals surface area contributed by atoms with Gasteiger partial charge in [0.25, 0.3) is 0 Å². The third kappa shape index (κ3) is 6.46. The van der Waals surface area contributed by atoms with Crippen molar-refractivity contribution < 1.29 is 23.7 Å². The van der Waals surface area contributed by atoms with E-state index in [-0.39, 0.29) is 0 Å². The van der Waals surface area contributed by atoms with E-state index in [1.807, 2.05) is 97.1 Å². The van der Waals surface area contributed by atoms with Gasteiger partial charge in [-0.15, -0.1) is 0 Å². The van der Waals surface area contributed by atoms with E-state index in [1.165, 1.54) is 0 Å². The molecule has 0 aromatic heterocycles. The lowest BCUT2D eigenvalue weighted by Crippen LogP contribution is -2.01. The average Bonchev–Trinajstić information content (AvgIpc) is 2.95. The zero-order valence-electron chi connectivity index (χ0n) is 21.1. The number of benzene rings is 4. The first kappa shape index (κ1) is 26.2. The first-order valence-corrected chi connectivity index (χ1v) is 12.6. The van der Waals surface area contributed by atoms with Crippen molar-refractivity contribution in [2.75, 3.05) is 21.3 Å². The maximum absolute atomic E-state index is 6.11. The van der Waals surface area contributed by atoms with Crippen molar-refractivity contribution in [2.45, 2.75) is 13.2 Å². The first-order valence-electron chi connectivity index (χ1n) is 11.8. The molecule has 0 amide bonds. The SMILES string of the molecule is COc1cc(/C=C/c2cccc(OCc3ccccc3)c2OC)c(Br)c(OC)c1OCc1ccccc1. The van der Waals surface area contributed by atoms with Gasteiger partial charge in [-0.1, -0.05) is 84.9 Å². The van der Waals surface area contributed by atoms with Crippen LogP contribution in [-0.2, 0) is 13.2 Å². The van der Waals surface area contributed by atoms with Crippen LogP contribution < -0.4 is 23.7 Å². The Morgan fingerprint density at radius 3 is 1.76 bits per heavy atom. The molecule has 0 unspecified atom stereocenters. The molecule has 190 valence electrons. The van der Waals surface area contributed by atoms with Crippen LogP contribution >= 0.6 is 15.9 Å². The second kappa shape index (κ2) is 12.9. The summed E-state index contributed by atoms with van der Waals surface area (Å²) in [5.74, 6) is 3.00. The van der Waals surface area contributed by atoms with E-state index < -0.39 is 0 Å². The van der Waals surface area contributed by atoms with E-state index in [1.54, 1.807) is 21.3 Å². The molecule has 0 heterocycles. The predicted octanol–water partition coefficient (Wildman–Crippen LogP) is 7.80. The highest BCUT2D eigenvalue weighted by atomic mass is 79.9. The Morgan fingerprint density at radius 1 is 0.568 bits per heavy atom. The number of ether oxygens (including phenoxy) is 5. The maximum atomic E-state index is 6.11. The van der Waals surface area contributed by atoms with Crippen LogP contribution in [0, 0.1) is 0 Å². The molecule has 0 radical (unpaired) electrons. The van der Waals surface area contributed by atoms with Crippen LogP contribution in [0.2, 0.25) is 0 Å². The molecule has 0 atom stereocenters. The third-order valence-electron chi connectivity index (χ3n) is 5.71. The number of hydrogen-bond acceptors (Lipinski definition) is 5. The lowest BCUT2D eigenvalue weighted by molar-refractivity contribution is 0.265. The minimum atomic E-state index is 0.391. The summed E-state index contributed by atoms with van der Waals surface area (Å²) >= 11 is 3.69. The van der Waals surface area contributed by atoms with E-state index in [0.717, 1.165) is 26.7 Å². The fourth-order valence-corrected chi connectivity index (χ4v) is 4.43. The number of rotatable bonds is 11. The molecule has 4 rings (SSSR count). The molecule has 37 heavy (non-hydrogen) atoms. The summed E-state index contributed by atoms with van der Waals surface area (Å²) in [4.78, 5) is 0. The van der Waals surface area contributed by atoms with Gasteiger partial charge in [0.1, 0.15) is 13.2 Å². The summed E-state index contributed by atoms with van der Waals surface area (Å²) < 4.78 is 30.0. The highest BCUT2D eigenvalue weighted by molar-refractivity contribution is 9.10. The Morgan fingerprint density at radius 2 is 1.16 bits per heavy atom. The number of para-hydroxylation sites is 1. The van der Waals surface area contributed by atoms with Crippen LogP contribution in [0.25, 0.3) is 12.2 Å². The zero-order valence-corrected chi connectivity index (χ0v) is 22.7. The molecule has 0 saturated heterocycles. The highest BCUT2D eigenvalue weighted by Gasteiger charge is 2.19. The van der Waals surface area contributed by atoms with Crippen molar-refractivity contribution in [1.29, 1.82) is 0 Å². The maximum Gasteiger partial charge on any atom is 0.205 e. The highest BCUT2D eigenvalue weighted by Crippen LogP contribution is 2.46. The Balaban J connectivity index is 1.60. The van der Waals surface area contributed by atoms with Gasteiger partial charge in [0.2, 0.25) is 5.75 Å². The van der Waals surface area contributed by atoms with Crippen molar-refractivity contribution in [3.05, 3.63) is 112 Å². The smallest absolute Gasteiger partial charge is 0.205 e. The number of hydrogen-bond donors (Lipinski definition) is 0. The average molecular weight is 561 g/mol. The summed E-state index contributed by atoms with van der Waals surface area (Å²) in [5, 5.41) is 0. The molecular formula is C31H29BrO5. The second-order valence-corrected chi connectivity index (χ2v) is 8.90. The summed E-state index contributed by atoms with van der Waals surface area (Å²) in [6, 6.07) is 27.7. The van der Waals surface area contributed by atoms with E-state index in [9.17, 15) is 0 Å². The topological polar surface area (TPSA) is 46.2 Å². The normalized spacial score (nSPS) is 10.8. The Hall–Kier alpha value is -3.90. The summed E-state index contributed by atoms with van der Waals surface area (Å²) in [7, 11) is 4.87. The van der Waals surface area contributed by atoms with E-state index in [0.29, 0.717) is 42.0 Å². The molecule has 0 aliphatic carbocycles. The van der Waals surface area contributed by atoms with Gasteiger partial charge >= 0.3 is 0 Å². The largest absolute Gasteiger partial charge is 0.493 e. The fraction of sp³-hybridized carbons (Fsp3) is 0.161. The standard InChI is InChI=1S/C31H29BrO5/c1-33-27-19-25(28(32)31(35-3)30(27)37-21-23-13-8-5-9-14-23)18-17-24-15-10-16-26(29(24)34-2)36-20-22-11-6-4-7-12-22/h4-19H,20-21H2,1-3H3/b18-17+. The molecule has 0 aliphatic heterocycles. The van der Waals surface area contributed by atoms with Crippen molar-refractivity contribution in [3.8, 4) is 28.7 Å². The minimum Gasteiger partial charge on any atom is -0.493 e. The van der Waals surface area contributed by atoms with Crippen LogP contribution in [0.1, 0.15) is 22.3 Å². The number of halogens is 1. The molecule has 0 spiro atoms.